The second kappa shape index (κ2) is 5.63. The van der Waals surface area contributed by atoms with Crippen LogP contribution in [0.15, 0.2) is 0 Å². The molecular formula is C17H22O5. The smallest absolute Gasteiger partial charge is 0.372 e. The maximum Gasteiger partial charge on any atom is 0.372 e. The molecule has 5 nitrogen and oxygen atoms in total. The Hall–Kier alpha value is -2.04. The maximum atomic E-state index is 11.3. The second-order valence-electron chi connectivity index (χ2n) is 6.31. The lowest BCUT2D eigenvalue weighted by molar-refractivity contribution is -0.149. The van der Waals surface area contributed by atoms with Gasteiger partial charge in [-0.15, -0.1) is 0 Å². The standard InChI is InChI=1S/C17H22O5/c1-9-10(2)15-12(11(3)14(9)19)5-7-17(4,22-15)8-6-13(18)16(20)21/h19H,5-8H2,1-4H3,(H,20,21). The second-order valence-corrected chi connectivity index (χ2v) is 6.31. The van der Waals surface area contributed by atoms with Gasteiger partial charge >= 0.3 is 5.97 Å². The maximum absolute atomic E-state index is 11.3. The van der Waals surface area contributed by atoms with E-state index in [0.29, 0.717) is 18.6 Å². The van der Waals surface area contributed by atoms with Crippen molar-refractivity contribution in [1.82, 2.24) is 0 Å². The molecule has 1 unspecified atom stereocenters. The summed E-state index contributed by atoms with van der Waals surface area (Å²) in [4.78, 5) is 21.9. The Kier molecular flexibility index (Phi) is 4.18. The van der Waals surface area contributed by atoms with E-state index in [-0.39, 0.29) is 6.42 Å². The van der Waals surface area contributed by atoms with E-state index in [4.69, 9.17) is 9.84 Å². The quantitative estimate of drug-likeness (QED) is 0.836. The summed E-state index contributed by atoms with van der Waals surface area (Å²) in [5, 5.41) is 18.8. The number of Topliss-reactive ketones (excluding diaryl/α,β-unsaturated/α-hetero) is 1. The first kappa shape index (κ1) is 16.3. The van der Waals surface area contributed by atoms with E-state index in [1.165, 1.54) is 0 Å². The van der Waals surface area contributed by atoms with Gasteiger partial charge in [-0.2, -0.15) is 0 Å². The van der Waals surface area contributed by atoms with Gasteiger partial charge in [0.25, 0.3) is 0 Å². The number of carbonyl (C=O) groups is 2. The van der Waals surface area contributed by atoms with Crippen molar-refractivity contribution in [2.75, 3.05) is 0 Å². The third-order valence-electron chi connectivity index (χ3n) is 4.71. The minimum atomic E-state index is -1.40. The molecule has 0 fully saturated rings. The van der Waals surface area contributed by atoms with E-state index in [1.807, 2.05) is 27.7 Å². The number of hydrogen-bond acceptors (Lipinski definition) is 4. The van der Waals surface area contributed by atoms with E-state index >= 15 is 0 Å². The zero-order valence-corrected chi connectivity index (χ0v) is 13.4. The number of phenolic OH excluding ortho intramolecular Hbond substituents is 1. The monoisotopic (exact) mass is 306 g/mol. The van der Waals surface area contributed by atoms with Gasteiger partial charge in [0.1, 0.15) is 17.1 Å². The zero-order chi connectivity index (χ0) is 16.7. The lowest BCUT2D eigenvalue weighted by Gasteiger charge is -2.38. The predicted molar refractivity (Wildman–Crippen MR) is 81.5 cm³/mol. The molecule has 0 radical (unpaired) electrons. The molecule has 2 N–H and O–H groups in total. The van der Waals surface area contributed by atoms with E-state index < -0.39 is 17.4 Å². The minimum absolute atomic E-state index is 0.0315. The highest BCUT2D eigenvalue weighted by Gasteiger charge is 2.35. The fraction of sp³-hybridized carbons (Fsp3) is 0.529. The van der Waals surface area contributed by atoms with Crippen LogP contribution in [-0.2, 0) is 16.0 Å². The van der Waals surface area contributed by atoms with E-state index in [0.717, 1.165) is 34.4 Å². The summed E-state index contributed by atoms with van der Waals surface area (Å²) in [5.74, 6) is -1.10. The van der Waals surface area contributed by atoms with Gasteiger partial charge in [0, 0.05) is 12.0 Å². The minimum Gasteiger partial charge on any atom is -0.507 e. The molecule has 0 saturated carbocycles. The average Bonchev–Trinajstić information content (AvgIpc) is 2.48. The summed E-state index contributed by atoms with van der Waals surface area (Å²) in [6.07, 6.45) is 1.77. The number of ether oxygens (including phenoxy) is 1. The number of phenols is 1. The van der Waals surface area contributed by atoms with Crippen LogP contribution in [-0.4, -0.2) is 27.6 Å². The van der Waals surface area contributed by atoms with Gasteiger partial charge in [0.15, 0.2) is 0 Å². The summed E-state index contributed by atoms with van der Waals surface area (Å²) in [6, 6.07) is 0. The van der Waals surface area contributed by atoms with Crippen LogP contribution in [0.1, 0.15) is 48.4 Å². The molecule has 2 rings (SSSR count). The molecule has 0 aliphatic carbocycles. The molecular weight excluding hydrogens is 284 g/mol. The van der Waals surface area contributed by atoms with Gasteiger partial charge in [0.05, 0.1) is 0 Å². The third-order valence-corrected chi connectivity index (χ3v) is 4.71. The van der Waals surface area contributed by atoms with Crippen LogP contribution in [0.25, 0.3) is 0 Å². The Balaban J connectivity index is 2.27. The van der Waals surface area contributed by atoms with E-state index in [2.05, 4.69) is 0 Å². The van der Waals surface area contributed by atoms with Crippen LogP contribution in [0, 0.1) is 20.8 Å². The fourth-order valence-corrected chi connectivity index (χ4v) is 2.96. The number of ketones is 1. The van der Waals surface area contributed by atoms with Crippen molar-refractivity contribution in [2.24, 2.45) is 0 Å². The van der Waals surface area contributed by atoms with Crippen LogP contribution in [0.2, 0.25) is 0 Å². The molecule has 1 aliphatic heterocycles. The van der Waals surface area contributed by atoms with Crippen LogP contribution < -0.4 is 4.74 Å². The molecule has 0 amide bonds. The van der Waals surface area contributed by atoms with Gasteiger partial charge in [-0.3, -0.25) is 4.79 Å². The lowest BCUT2D eigenvalue weighted by Crippen LogP contribution is -2.38. The molecule has 1 heterocycles. The first-order valence-electron chi connectivity index (χ1n) is 7.43. The van der Waals surface area contributed by atoms with Crippen LogP contribution in [0.3, 0.4) is 0 Å². The number of carboxylic acids is 1. The Morgan fingerprint density at radius 3 is 2.41 bits per heavy atom. The van der Waals surface area contributed by atoms with Crippen molar-refractivity contribution in [2.45, 2.75) is 59.0 Å². The molecule has 0 aromatic heterocycles. The summed E-state index contributed by atoms with van der Waals surface area (Å²) < 4.78 is 6.14. The van der Waals surface area contributed by atoms with Gasteiger partial charge < -0.3 is 14.9 Å². The van der Waals surface area contributed by atoms with Crippen molar-refractivity contribution >= 4 is 11.8 Å². The number of benzene rings is 1. The van der Waals surface area contributed by atoms with Crippen molar-refractivity contribution in [3.8, 4) is 11.5 Å². The largest absolute Gasteiger partial charge is 0.507 e. The molecule has 22 heavy (non-hydrogen) atoms. The Labute approximate surface area is 129 Å². The lowest BCUT2D eigenvalue weighted by atomic mass is 9.84. The van der Waals surface area contributed by atoms with Crippen LogP contribution >= 0.6 is 0 Å². The Bertz CT molecular complexity index is 647. The Morgan fingerprint density at radius 2 is 1.82 bits per heavy atom. The SMILES string of the molecule is Cc1c(C)c2c(c(C)c1O)CCC(C)(CCC(=O)C(=O)O)O2. The fourth-order valence-electron chi connectivity index (χ4n) is 2.96. The normalized spacial score (nSPS) is 20.2. The molecule has 1 atom stereocenters. The number of rotatable bonds is 4. The Morgan fingerprint density at radius 1 is 1.18 bits per heavy atom. The first-order valence-corrected chi connectivity index (χ1v) is 7.43. The molecule has 0 spiro atoms. The van der Waals surface area contributed by atoms with Crippen molar-refractivity contribution in [3.05, 3.63) is 22.3 Å². The number of carbonyl (C=O) groups excluding carboxylic acids is 1. The van der Waals surface area contributed by atoms with E-state index in [1.54, 1.807) is 0 Å². The number of carboxylic acid groups (broad SMARTS) is 1. The van der Waals surface area contributed by atoms with Crippen molar-refractivity contribution < 1.29 is 24.5 Å². The number of aromatic hydroxyl groups is 1. The summed E-state index contributed by atoms with van der Waals surface area (Å²) in [6.45, 7) is 7.53. The van der Waals surface area contributed by atoms with E-state index in [9.17, 15) is 14.7 Å². The van der Waals surface area contributed by atoms with Crippen molar-refractivity contribution in [1.29, 1.82) is 0 Å². The molecule has 1 aromatic carbocycles. The van der Waals surface area contributed by atoms with Crippen LogP contribution in [0.5, 0.6) is 11.5 Å². The molecule has 0 bridgehead atoms. The molecule has 1 aliphatic rings. The molecule has 1 aromatic rings. The summed E-state index contributed by atoms with van der Waals surface area (Å²) in [7, 11) is 0. The number of hydrogen-bond donors (Lipinski definition) is 2. The van der Waals surface area contributed by atoms with Gasteiger partial charge in [0.2, 0.25) is 5.78 Å². The van der Waals surface area contributed by atoms with Crippen molar-refractivity contribution in [3.63, 3.8) is 0 Å². The average molecular weight is 306 g/mol. The topological polar surface area (TPSA) is 83.8 Å². The summed E-state index contributed by atoms with van der Waals surface area (Å²) >= 11 is 0. The highest BCUT2D eigenvalue weighted by Crippen LogP contribution is 2.44. The van der Waals surface area contributed by atoms with Gasteiger partial charge in [-0.1, -0.05) is 0 Å². The van der Waals surface area contributed by atoms with Crippen LogP contribution in [0.4, 0.5) is 0 Å². The molecule has 5 heteroatoms. The number of fused-ring (bicyclic) bond motifs is 1. The number of aliphatic carboxylic acids is 1. The highest BCUT2D eigenvalue weighted by molar-refractivity contribution is 6.32. The third kappa shape index (κ3) is 2.80. The first-order chi connectivity index (χ1) is 10.2. The predicted octanol–water partition coefficient (Wildman–Crippen LogP) is 2.84. The summed E-state index contributed by atoms with van der Waals surface area (Å²) in [5.41, 5.74) is 2.97. The van der Waals surface area contributed by atoms with Gasteiger partial charge in [-0.25, -0.2) is 4.79 Å². The molecule has 120 valence electrons. The highest BCUT2D eigenvalue weighted by atomic mass is 16.5. The van der Waals surface area contributed by atoms with Gasteiger partial charge in [-0.05, 0) is 63.6 Å². The zero-order valence-electron chi connectivity index (χ0n) is 13.4. The molecule has 0 saturated heterocycles.